The molecule has 1 aromatic heterocycles. The molecular formula is C41H54ClN5O6Si. The second-order valence-corrected chi connectivity index (χ2v) is 21.3. The highest BCUT2D eigenvalue weighted by atomic mass is 35.5. The van der Waals surface area contributed by atoms with Crippen molar-refractivity contribution >= 4 is 43.3 Å². The Labute approximate surface area is 325 Å². The van der Waals surface area contributed by atoms with Gasteiger partial charge in [0.05, 0.1) is 30.9 Å². The highest BCUT2D eigenvalue weighted by Crippen LogP contribution is 2.31. The number of carbonyl (C=O) groups excluding carboxylic acids is 3. The van der Waals surface area contributed by atoms with Crippen molar-refractivity contribution in [2.24, 2.45) is 0 Å². The molecular weight excluding hydrogens is 722 g/mol. The second kappa shape index (κ2) is 19.6. The van der Waals surface area contributed by atoms with Crippen LogP contribution in [0, 0.1) is 0 Å². The number of benzene rings is 3. The molecule has 0 aliphatic rings. The number of rotatable bonds is 18. The predicted molar refractivity (Wildman–Crippen MR) is 217 cm³/mol. The van der Waals surface area contributed by atoms with Gasteiger partial charge < -0.3 is 34.3 Å². The summed E-state index contributed by atoms with van der Waals surface area (Å²) in [6, 6.07) is 22.0. The second-order valence-electron chi connectivity index (χ2n) is 15.3. The number of imidazole rings is 1. The van der Waals surface area contributed by atoms with E-state index in [1.165, 1.54) is 12.0 Å². The van der Waals surface area contributed by atoms with Gasteiger partial charge in [-0.15, -0.1) is 0 Å². The first kappa shape index (κ1) is 42.1. The zero-order chi connectivity index (χ0) is 39.3. The molecule has 11 nitrogen and oxygen atoms in total. The van der Waals surface area contributed by atoms with Crippen molar-refractivity contribution in [2.75, 3.05) is 38.7 Å². The number of anilines is 1. The number of hydrogen-bond acceptors (Lipinski definition) is 8. The Balaban J connectivity index is 1.33. The molecule has 4 rings (SSSR count). The summed E-state index contributed by atoms with van der Waals surface area (Å²) in [7, 11) is 0.131. The maximum absolute atomic E-state index is 13.2. The van der Waals surface area contributed by atoms with Crippen LogP contribution in [0.15, 0.2) is 79.3 Å². The van der Waals surface area contributed by atoms with E-state index in [-0.39, 0.29) is 25.4 Å². The van der Waals surface area contributed by atoms with Gasteiger partial charge in [0.2, 0.25) is 5.91 Å². The van der Waals surface area contributed by atoms with Gasteiger partial charge >= 0.3 is 12.1 Å². The number of aromatic nitrogens is 2. The van der Waals surface area contributed by atoms with E-state index in [9.17, 15) is 14.4 Å². The standard InChI is InChI=1S/C41H54ClN5O6Si/c1-41(2,3)53-40(50)46(27-30-14-16-33(35(42)24-30)31-12-9-8-10-13-31)21-18-38(48)45-20-11-19-44-36-25-32(39(49)51-4)15-17-34(36)37-26-43-28-47(37)29-52-22-23-54(5,6)7/h8-10,12-17,24-26,28,44H,11,18-23,27,29H2,1-7H3,(H,45,48). The molecule has 0 spiro atoms. The first-order valence-corrected chi connectivity index (χ1v) is 22.3. The first-order chi connectivity index (χ1) is 25.6. The van der Waals surface area contributed by atoms with Crippen molar-refractivity contribution in [3.8, 4) is 22.4 Å². The van der Waals surface area contributed by atoms with E-state index < -0.39 is 25.7 Å². The SMILES string of the molecule is COC(=O)c1ccc(-c2cncn2COCC[Si](C)(C)C)c(NCCCNC(=O)CCN(Cc2ccc(-c3ccccc3)c(Cl)c2)C(=O)OC(C)(C)C)c1. The maximum Gasteiger partial charge on any atom is 0.410 e. The average molecular weight is 776 g/mol. The molecule has 4 aromatic rings. The van der Waals surface area contributed by atoms with E-state index in [1.54, 1.807) is 24.7 Å². The molecule has 2 amide bonds. The number of esters is 1. The molecule has 13 heteroatoms. The van der Waals surface area contributed by atoms with Crippen LogP contribution in [-0.2, 0) is 32.3 Å². The molecule has 0 aliphatic heterocycles. The summed E-state index contributed by atoms with van der Waals surface area (Å²) < 4.78 is 18.6. The summed E-state index contributed by atoms with van der Waals surface area (Å²) in [5, 5.41) is 6.96. The normalized spacial score (nSPS) is 11.6. The van der Waals surface area contributed by atoms with Gasteiger partial charge in [0.1, 0.15) is 12.3 Å². The van der Waals surface area contributed by atoms with E-state index in [2.05, 4.69) is 35.3 Å². The van der Waals surface area contributed by atoms with Crippen LogP contribution < -0.4 is 10.6 Å². The molecule has 2 N–H and O–H groups in total. The molecule has 0 saturated heterocycles. The Morgan fingerprint density at radius 3 is 2.39 bits per heavy atom. The average Bonchev–Trinajstić information content (AvgIpc) is 3.58. The highest BCUT2D eigenvalue weighted by Gasteiger charge is 2.23. The maximum atomic E-state index is 13.2. The zero-order valence-corrected chi connectivity index (χ0v) is 34.3. The Morgan fingerprint density at radius 1 is 0.963 bits per heavy atom. The number of nitrogens with one attached hydrogen (secondary N) is 2. The summed E-state index contributed by atoms with van der Waals surface area (Å²) in [6.07, 6.45) is 3.70. The van der Waals surface area contributed by atoms with Crippen LogP contribution in [0.5, 0.6) is 0 Å². The zero-order valence-electron chi connectivity index (χ0n) is 32.5. The van der Waals surface area contributed by atoms with Gasteiger partial charge in [-0.2, -0.15) is 0 Å². The van der Waals surface area contributed by atoms with Crippen LogP contribution in [0.2, 0.25) is 30.7 Å². The fourth-order valence-electron chi connectivity index (χ4n) is 5.50. The molecule has 1 heterocycles. The number of ether oxygens (including phenoxy) is 3. The van der Waals surface area contributed by atoms with Crippen molar-refractivity contribution in [1.82, 2.24) is 19.8 Å². The van der Waals surface area contributed by atoms with E-state index in [0.717, 1.165) is 39.7 Å². The molecule has 3 aromatic carbocycles. The lowest BCUT2D eigenvalue weighted by Gasteiger charge is -2.27. The highest BCUT2D eigenvalue weighted by molar-refractivity contribution is 6.76. The third kappa shape index (κ3) is 13.3. The van der Waals surface area contributed by atoms with Crippen LogP contribution in [0.3, 0.4) is 0 Å². The van der Waals surface area contributed by atoms with Crippen molar-refractivity contribution in [3.05, 3.63) is 95.4 Å². The lowest BCUT2D eigenvalue weighted by atomic mass is 10.0. The van der Waals surface area contributed by atoms with Crippen LogP contribution in [-0.4, -0.2) is 79.4 Å². The van der Waals surface area contributed by atoms with Gasteiger partial charge in [-0.25, -0.2) is 14.6 Å². The Hall–Kier alpha value is -4.65. The summed E-state index contributed by atoms with van der Waals surface area (Å²) in [5.74, 6) is -0.625. The van der Waals surface area contributed by atoms with E-state index >= 15 is 0 Å². The summed E-state index contributed by atoms with van der Waals surface area (Å²) in [5.41, 5.74) is 4.88. The Bertz CT molecular complexity index is 1850. The van der Waals surface area contributed by atoms with Crippen molar-refractivity contribution in [3.63, 3.8) is 0 Å². The largest absolute Gasteiger partial charge is 0.465 e. The molecule has 0 aliphatic carbocycles. The number of nitrogens with zero attached hydrogens (tertiary/aromatic N) is 3. The first-order valence-electron chi connectivity index (χ1n) is 18.3. The molecule has 0 unspecified atom stereocenters. The number of methoxy groups -OCH3 is 1. The fraction of sp³-hybridized carbons (Fsp3) is 0.415. The van der Waals surface area contributed by atoms with Gasteiger partial charge in [-0.1, -0.05) is 73.7 Å². The third-order valence-electron chi connectivity index (χ3n) is 8.40. The molecule has 0 radical (unpaired) electrons. The number of carbonyl (C=O) groups is 3. The van der Waals surface area contributed by atoms with Gasteiger partial charge in [-0.05, 0) is 68.6 Å². The quantitative estimate of drug-likeness (QED) is 0.0585. The number of hydrogen-bond donors (Lipinski definition) is 2. The monoisotopic (exact) mass is 775 g/mol. The molecule has 0 bridgehead atoms. The van der Waals surface area contributed by atoms with Crippen molar-refractivity contribution in [1.29, 1.82) is 0 Å². The lowest BCUT2D eigenvalue weighted by molar-refractivity contribution is -0.121. The molecule has 0 saturated carbocycles. The smallest absolute Gasteiger partial charge is 0.410 e. The van der Waals surface area contributed by atoms with E-state index in [4.69, 9.17) is 25.8 Å². The topological polar surface area (TPSA) is 124 Å². The van der Waals surface area contributed by atoms with Crippen LogP contribution in [0.4, 0.5) is 10.5 Å². The minimum absolute atomic E-state index is 0.0951. The molecule has 0 fully saturated rings. The van der Waals surface area contributed by atoms with Gasteiger partial charge in [-0.3, -0.25) is 4.79 Å². The van der Waals surface area contributed by atoms with Crippen LogP contribution in [0.25, 0.3) is 22.4 Å². The third-order valence-corrected chi connectivity index (χ3v) is 10.4. The van der Waals surface area contributed by atoms with Gasteiger partial charge in [0.25, 0.3) is 0 Å². The van der Waals surface area contributed by atoms with Crippen LogP contribution >= 0.6 is 11.6 Å². The summed E-state index contributed by atoms with van der Waals surface area (Å²) >= 11 is 6.66. The van der Waals surface area contributed by atoms with Gasteiger partial charge in [0.15, 0.2) is 0 Å². The fourth-order valence-corrected chi connectivity index (χ4v) is 6.57. The van der Waals surface area contributed by atoms with Gasteiger partial charge in [0, 0.05) is 69.1 Å². The van der Waals surface area contributed by atoms with Crippen LogP contribution in [0.1, 0.15) is 49.5 Å². The molecule has 54 heavy (non-hydrogen) atoms. The van der Waals surface area contributed by atoms with E-state index in [1.807, 2.05) is 79.9 Å². The molecule has 290 valence electrons. The number of amides is 2. The van der Waals surface area contributed by atoms with E-state index in [0.29, 0.717) is 43.4 Å². The predicted octanol–water partition coefficient (Wildman–Crippen LogP) is 8.72. The Kier molecular flexibility index (Phi) is 15.3. The lowest BCUT2D eigenvalue weighted by Crippen LogP contribution is -2.39. The van der Waals surface area contributed by atoms with Crippen molar-refractivity contribution < 1.29 is 28.6 Å². The summed E-state index contributed by atoms with van der Waals surface area (Å²) in [4.78, 5) is 44.4. The van der Waals surface area contributed by atoms with Crippen molar-refractivity contribution in [2.45, 2.75) is 78.2 Å². The number of halogens is 1. The molecule has 0 atom stereocenters. The Morgan fingerprint density at radius 2 is 1.70 bits per heavy atom. The minimum Gasteiger partial charge on any atom is -0.465 e. The minimum atomic E-state index is -1.22. The summed E-state index contributed by atoms with van der Waals surface area (Å²) in [6.45, 7) is 14.7.